The molecular formula is C19H23NO4S. The summed E-state index contributed by atoms with van der Waals surface area (Å²) in [4.78, 5) is 24.5. The third-order valence-corrected chi connectivity index (χ3v) is 4.54. The molecule has 1 amide bonds. The van der Waals surface area contributed by atoms with Gasteiger partial charge in [-0.1, -0.05) is 18.6 Å². The number of rotatable bonds is 7. The number of amides is 1. The van der Waals surface area contributed by atoms with Crippen LogP contribution in [0, 0.1) is 6.92 Å². The number of carbonyl (C=O) groups excluding carboxylic acids is 2. The molecule has 25 heavy (non-hydrogen) atoms. The number of benzene rings is 1. The van der Waals surface area contributed by atoms with Crippen molar-refractivity contribution in [2.75, 3.05) is 19.0 Å². The average Bonchev–Trinajstić information content (AvgIpc) is 2.98. The molecule has 1 N–H and O–H groups in total. The number of carbonyl (C=O) groups is 2. The highest BCUT2D eigenvalue weighted by Crippen LogP contribution is 2.40. The molecule has 0 atom stereocenters. The zero-order chi connectivity index (χ0) is 18.4. The Morgan fingerprint density at radius 2 is 1.96 bits per heavy atom. The predicted molar refractivity (Wildman–Crippen MR) is 101 cm³/mol. The van der Waals surface area contributed by atoms with Crippen LogP contribution in [0.15, 0.2) is 23.6 Å². The summed E-state index contributed by atoms with van der Waals surface area (Å²) in [5.41, 5.74) is 2.93. The molecule has 0 aliphatic rings. The van der Waals surface area contributed by atoms with Crippen molar-refractivity contribution in [3.8, 4) is 16.9 Å². The highest BCUT2D eigenvalue weighted by Gasteiger charge is 2.24. The third kappa shape index (κ3) is 4.39. The first-order valence-corrected chi connectivity index (χ1v) is 9.13. The molecule has 134 valence electrons. The van der Waals surface area contributed by atoms with Gasteiger partial charge in [-0.15, -0.1) is 11.3 Å². The maximum atomic E-state index is 12.5. The second-order valence-electron chi connectivity index (χ2n) is 5.58. The highest BCUT2D eigenvalue weighted by molar-refractivity contribution is 7.15. The number of methoxy groups -OCH3 is 1. The van der Waals surface area contributed by atoms with Gasteiger partial charge in [-0.25, -0.2) is 4.79 Å². The lowest BCUT2D eigenvalue weighted by Crippen LogP contribution is -2.14. The van der Waals surface area contributed by atoms with Gasteiger partial charge in [0.05, 0.1) is 13.7 Å². The molecule has 6 heteroatoms. The van der Waals surface area contributed by atoms with E-state index >= 15 is 0 Å². The van der Waals surface area contributed by atoms with E-state index in [9.17, 15) is 9.59 Å². The lowest BCUT2D eigenvalue weighted by atomic mass is 10.0. The van der Waals surface area contributed by atoms with Crippen LogP contribution < -0.4 is 10.1 Å². The van der Waals surface area contributed by atoms with Gasteiger partial charge in [0.2, 0.25) is 5.91 Å². The van der Waals surface area contributed by atoms with Crippen LogP contribution in [0.3, 0.4) is 0 Å². The van der Waals surface area contributed by atoms with Gasteiger partial charge in [0.1, 0.15) is 16.3 Å². The summed E-state index contributed by atoms with van der Waals surface area (Å²) >= 11 is 1.32. The van der Waals surface area contributed by atoms with E-state index in [1.165, 1.54) is 11.3 Å². The standard InChI is InChI=1S/C19H23NO4S/c1-5-7-16(21)20-18-17(19(22)24-6-2)14(11-25-18)13-10-12(3)8-9-15(13)23-4/h8-11H,5-7H2,1-4H3,(H,20,21). The lowest BCUT2D eigenvalue weighted by Gasteiger charge is -2.12. The van der Waals surface area contributed by atoms with Crippen LogP contribution in [0.25, 0.3) is 11.1 Å². The Labute approximate surface area is 152 Å². The van der Waals surface area contributed by atoms with Crippen LogP contribution >= 0.6 is 11.3 Å². The third-order valence-electron chi connectivity index (χ3n) is 3.65. The van der Waals surface area contributed by atoms with Crippen molar-refractivity contribution in [3.05, 3.63) is 34.7 Å². The largest absolute Gasteiger partial charge is 0.496 e. The van der Waals surface area contributed by atoms with E-state index in [2.05, 4.69) is 5.32 Å². The molecule has 0 spiro atoms. The fourth-order valence-electron chi connectivity index (χ4n) is 2.50. The average molecular weight is 361 g/mol. The number of ether oxygens (including phenoxy) is 2. The maximum absolute atomic E-state index is 12.5. The first-order chi connectivity index (χ1) is 12.0. The number of esters is 1. The molecule has 1 aromatic heterocycles. The smallest absolute Gasteiger partial charge is 0.341 e. The summed E-state index contributed by atoms with van der Waals surface area (Å²) in [5, 5.41) is 5.19. The molecule has 0 saturated carbocycles. The van der Waals surface area contributed by atoms with Gasteiger partial charge in [0.15, 0.2) is 0 Å². The van der Waals surface area contributed by atoms with Crippen molar-refractivity contribution in [3.63, 3.8) is 0 Å². The van der Waals surface area contributed by atoms with Gasteiger partial charge >= 0.3 is 5.97 Å². The zero-order valence-electron chi connectivity index (χ0n) is 15.0. The zero-order valence-corrected chi connectivity index (χ0v) is 15.8. The molecule has 1 heterocycles. The summed E-state index contributed by atoms with van der Waals surface area (Å²) in [5.74, 6) is 0.104. The van der Waals surface area contributed by atoms with E-state index in [0.29, 0.717) is 28.3 Å². The second-order valence-corrected chi connectivity index (χ2v) is 6.46. The fourth-order valence-corrected chi connectivity index (χ4v) is 3.47. The van der Waals surface area contributed by atoms with Crippen LogP contribution in [0.5, 0.6) is 5.75 Å². The Balaban J connectivity index is 2.55. The minimum atomic E-state index is -0.450. The topological polar surface area (TPSA) is 64.6 Å². The van der Waals surface area contributed by atoms with E-state index in [1.807, 2.05) is 37.4 Å². The molecule has 5 nitrogen and oxygen atoms in total. The molecule has 0 unspecified atom stereocenters. The molecule has 0 saturated heterocycles. The molecule has 0 aliphatic heterocycles. The monoisotopic (exact) mass is 361 g/mol. The number of thiophene rings is 1. The van der Waals surface area contributed by atoms with Crippen molar-refractivity contribution in [1.82, 2.24) is 0 Å². The Kier molecular flexibility index (Phi) is 6.58. The van der Waals surface area contributed by atoms with Gasteiger partial charge in [-0.2, -0.15) is 0 Å². The van der Waals surface area contributed by atoms with Crippen LogP contribution in [-0.2, 0) is 9.53 Å². The Hall–Kier alpha value is -2.34. The minimum Gasteiger partial charge on any atom is -0.496 e. The predicted octanol–water partition coefficient (Wildman–Crippen LogP) is 4.65. The molecule has 2 rings (SSSR count). The summed E-state index contributed by atoms with van der Waals surface area (Å²) in [6.07, 6.45) is 1.15. The number of nitrogens with one attached hydrogen (secondary N) is 1. The highest BCUT2D eigenvalue weighted by atomic mass is 32.1. The van der Waals surface area contributed by atoms with Crippen LogP contribution in [-0.4, -0.2) is 25.6 Å². The normalized spacial score (nSPS) is 10.4. The second kappa shape index (κ2) is 8.67. The van der Waals surface area contributed by atoms with Gasteiger partial charge in [-0.3, -0.25) is 4.79 Å². The summed E-state index contributed by atoms with van der Waals surface area (Å²) in [6.45, 7) is 5.93. The maximum Gasteiger partial charge on any atom is 0.341 e. The fraction of sp³-hybridized carbons (Fsp3) is 0.368. The van der Waals surface area contributed by atoms with Crippen molar-refractivity contribution >= 4 is 28.2 Å². The summed E-state index contributed by atoms with van der Waals surface area (Å²) in [7, 11) is 1.59. The molecule has 0 bridgehead atoms. The Bertz CT molecular complexity index is 767. The molecule has 2 aromatic rings. The molecule has 1 aromatic carbocycles. The van der Waals surface area contributed by atoms with Gasteiger partial charge in [-0.05, 0) is 32.4 Å². The SMILES string of the molecule is CCCC(=O)Nc1scc(-c2cc(C)ccc2OC)c1C(=O)OCC. The van der Waals surface area contributed by atoms with Gasteiger partial charge in [0, 0.05) is 22.9 Å². The van der Waals surface area contributed by atoms with Crippen LogP contribution in [0.2, 0.25) is 0 Å². The van der Waals surface area contributed by atoms with Gasteiger partial charge < -0.3 is 14.8 Å². The summed E-state index contributed by atoms with van der Waals surface area (Å²) in [6, 6.07) is 5.77. The Morgan fingerprint density at radius 1 is 1.20 bits per heavy atom. The molecule has 0 fully saturated rings. The quantitative estimate of drug-likeness (QED) is 0.729. The molecule has 0 radical (unpaired) electrons. The first-order valence-electron chi connectivity index (χ1n) is 8.25. The first kappa shape index (κ1) is 19.0. The minimum absolute atomic E-state index is 0.113. The van der Waals surface area contributed by atoms with E-state index < -0.39 is 5.97 Å². The number of hydrogen-bond donors (Lipinski definition) is 1. The summed E-state index contributed by atoms with van der Waals surface area (Å²) < 4.78 is 10.7. The molecule has 0 aliphatic carbocycles. The van der Waals surface area contributed by atoms with E-state index in [1.54, 1.807) is 14.0 Å². The van der Waals surface area contributed by atoms with Crippen molar-refractivity contribution in [1.29, 1.82) is 0 Å². The van der Waals surface area contributed by atoms with Crippen molar-refractivity contribution in [2.24, 2.45) is 0 Å². The number of hydrogen-bond acceptors (Lipinski definition) is 5. The number of anilines is 1. The van der Waals surface area contributed by atoms with E-state index in [-0.39, 0.29) is 12.5 Å². The van der Waals surface area contributed by atoms with Gasteiger partial charge in [0.25, 0.3) is 0 Å². The van der Waals surface area contributed by atoms with Crippen molar-refractivity contribution < 1.29 is 19.1 Å². The van der Waals surface area contributed by atoms with Crippen molar-refractivity contribution in [2.45, 2.75) is 33.6 Å². The molecular weight excluding hydrogens is 338 g/mol. The number of aryl methyl sites for hydroxylation is 1. The van der Waals surface area contributed by atoms with E-state index in [0.717, 1.165) is 17.5 Å². The Morgan fingerprint density at radius 3 is 2.60 bits per heavy atom. The van der Waals surface area contributed by atoms with Crippen LogP contribution in [0.4, 0.5) is 5.00 Å². The lowest BCUT2D eigenvalue weighted by molar-refractivity contribution is -0.116. The van der Waals surface area contributed by atoms with E-state index in [4.69, 9.17) is 9.47 Å². The van der Waals surface area contributed by atoms with Crippen LogP contribution in [0.1, 0.15) is 42.6 Å².